The molecule has 1 aliphatic heterocycles. The van der Waals surface area contributed by atoms with Gasteiger partial charge in [-0.1, -0.05) is 46.3 Å². The zero-order valence-electron chi connectivity index (χ0n) is 24.4. The number of carbonyl (C=O) groups excluding carboxylic acids is 2. The third-order valence-corrected chi connectivity index (χ3v) is 7.41. The van der Waals surface area contributed by atoms with Crippen LogP contribution in [0.15, 0.2) is 82.3 Å². The molecule has 8 nitrogen and oxygen atoms in total. The largest absolute Gasteiger partial charge is 0.494 e. The number of aliphatic hydroxyl groups excluding tert-OH is 1. The van der Waals surface area contributed by atoms with Crippen molar-refractivity contribution in [1.29, 1.82) is 0 Å². The Kier molecular flexibility index (Phi) is 10.6. The molecular formula is C33H36BrFN2O6. The summed E-state index contributed by atoms with van der Waals surface area (Å²) in [7, 11) is 0. The number of hydrogen-bond acceptors (Lipinski definition) is 7. The zero-order valence-corrected chi connectivity index (χ0v) is 26.0. The monoisotopic (exact) mass is 654 g/mol. The summed E-state index contributed by atoms with van der Waals surface area (Å²) in [6.45, 7) is 5.80. The third-order valence-electron chi connectivity index (χ3n) is 6.69. The fourth-order valence-electron chi connectivity index (χ4n) is 4.70. The van der Waals surface area contributed by atoms with Crippen LogP contribution in [-0.2, 0) is 25.6 Å². The molecule has 1 amide bonds. The molecule has 1 heterocycles. The Balaban J connectivity index is 1.73. The molecule has 0 aromatic heterocycles. The number of nitrogens with zero attached hydrogens (tertiary/aromatic N) is 1. The zero-order chi connectivity index (χ0) is 31.0. The van der Waals surface area contributed by atoms with E-state index in [0.29, 0.717) is 39.9 Å². The number of amides is 1. The number of halogens is 2. The first-order valence-electron chi connectivity index (χ1n) is 14.1. The number of rotatable bonds is 12. The predicted octanol–water partition coefficient (Wildman–Crippen LogP) is 6.04. The van der Waals surface area contributed by atoms with Gasteiger partial charge >= 0.3 is 5.97 Å². The van der Waals surface area contributed by atoms with E-state index in [2.05, 4.69) is 21.2 Å². The van der Waals surface area contributed by atoms with Crippen molar-refractivity contribution in [1.82, 2.24) is 5.32 Å². The second-order valence-electron chi connectivity index (χ2n) is 11.2. The highest BCUT2D eigenvalue weighted by Crippen LogP contribution is 2.45. The van der Waals surface area contributed by atoms with Crippen LogP contribution in [0.2, 0.25) is 0 Å². The minimum absolute atomic E-state index is 0.00521. The number of aliphatic hydroxyl groups is 1. The standard InChI is InChI=1S/C33H36BrFN2O6/c1-32(2,3)43-28(39)16-17-33(31(40)36-21-22-8-6-9-24(35)20-22)29(26-10-4-5-11-27(26)34)42-30(37-33)23-12-14-25(15-13-23)41-19-7-18-38/h4-6,8-15,20,29,38H,7,16-19,21H2,1-3H3,(H,36,40)/t29-,33-/m1/s1. The molecule has 43 heavy (non-hydrogen) atoms. The Labute approximate surface area is 259 Å². The van der Waals surface area contributed by atoms with Gasteiger partial charge in [0.1, 0.15) is 17.2 Å². The first kappa shape index (κ1) is 32.2. The van der Waals surface area contributed by atoms with Gasteiger partial charge in [0, 0.05) is 41.6 Å². The van der Waals surface area contributed by atoms with Gasteiger partial charge in [-0.05, 0) is 75.2 Å². The van der Waals surface area contributed by atoms with Crippen LogP contribution in [0.1, 0.15) is 62.8 Å². The number of hydrogen-bond donors (Lipinski definition) is 2. The van der Waals surface area contributed by atoms with E-state index in [4.69, 9.17) is 24.3 Å². The van der Waals surface area contributed by atoms with E-state index in [1.165, 1.54) is 12.1 Å². The molecule has 1 aliphatic rings. The fraction of sp³-hybridized carbons (Fsp3) is 0.364. The first-order chi connectivity index (χ1) is 20.5. The molecule has 0 saturated carbocycles. The molecule has 3 aromatic rings. The lowest BCUT2D eigenvalue weighted by atomic mass is 9.83. The molecule has 228 valence electrons. The minimum atomic E-state index is -1.56. The molecular weight excluding hydrogens is 619 g/mol. The molecule has 0 spiro atoms. The van der Waals surface area contributed by atoms with Crippen LogP contribution in [0, 0.1) is 5.82 Å². The van der Waals surface area contributed by atoms with Crippen molar-refractivity contribution >= 4 is 33.7 Å². The molecule has 0 bridgehead atoms. The van der Waals surface area contributed by atoms with Gasteiger partial charge in [0.2, 0.25) is 5.90 Å². The maximum Gasteiger partial charge on any atom is 0.306 e. The summed E-state index contributed by atoms with van der Waals surface area (Å²) in [4.78, 5) is 32.0. The maximum absolute atomic E-state index is 14.2. The van der Waals surface area contributed by atoms with E-state index < -0.39 is 34.9 Å². The Bertz CT molecular complexity index is 1460. The third kappa shape index (κ3) is 8.42. The Morgan fingerprint density at radius 3 is 2.51 bits per heavy atom. The SMILES string of the molecule is CC(C)(C)OC(=O)CC[C@@]1(C(=O)NCc2cccc(F)c2)N=C(c2ccc(OCCCO)cc2)O[C@@H]1c1ccccc1Br. The number of esters is 1. The van der Waals surface area contributed by atoms with Gasteiger partial charge in [0.25, 0.3) is 5.91 Å². The Morgan fingerprint density at radius 2 is 1.84 bits per heavy atom. The van der Waals surface area contributed by atoms with E-state index in [1.54, 1.807) is 57.2 Å². The molecule has 0 unspecified atom stereocenters. The predicted molar refractivity (Wildman–Crippen MR) is 164 cm³/mol. The molecule has 2 atom stereocenters. The smallest absolute Gasteiger partial charge is 0.306 e. The lowest BCUT2D eigenvalue weighted by Crippen LogP contribution is -2.48. The summed E-state index contributed by atoms with van der Waals surface area (Å²) in [5, 5.41) is 11.9. The average molecular weight is 656 g/mol. The van der Waals surface area contributed by atoms with Crippen LogP contribution in [0.5, 0.6) is 5.75 Å². The summed E-state index contributed by atoms with van der Waals surface area (Å²) < 4.78 is 32.2. The second kappa shape index (κ2) is 14.1. The lowest BCUT2D eigenvalue weighted by molar-refractivity contribution is -0.155. The summed E-state index contributed by atoms with van der Waals surface area (Å²) >= 11 is 3.60. The van der Waals surface area contributed by atoms with Gasteiger partial charge in [0.05, 0.1) is 6.61 Å². The van der Waals surface area contributed by atoms with E-state index in [1.807, 2.05) is 24.3 Å². The fourth-order valence-corrected chi connectivity index (χ4v) is 5.20. The van der Waals surface area contributed by atoms with Gasteiger partial charge < -0.3 is 24.6 Å². The molecule has 10 heteroatoms. The highest BCUT2D eigenvalue weighted by Gasteiger charge is 2.53. The maximum atomic E-state index is 14.2. The summed E-state index contributed by atoms with van der Waals surface area (Å²) in [5.41, 5.74) is -0.389. The van der Waals surface area contributed by atoms with Gasteiger partial charge in [-0.2, -0.15) is 0 Å². The molecule has 0 saturated heterocycles. The average Bonchev–Trinajstić information content (AvgIpc) is 3.35. The van der Waals surface area contributed by atoms with Crippen LogP contribution in [0.25, 0.3) is 0 Å². The topological polar surface area (TPSA) is 106 Å². The normalized spacial score (nSPS) is 18.0. The van der Waals surface area contributed by atoms with Crippen molar-refractivity contribution in [3.05, 3.63) is 99.8 Å². The molecule has 4 rings (SSSR count). The van der Waals surface area contributed by atoms with Gasteiger partial charge in [-0.3, -0.25) is 9.59 Å². The molecule has 2 N–H and O–H groups in total. The van der Waals surface area contributed by atoms with Crippen molar-refractivity contribution in [2.24, 2.45) is 4.99 Å². The number of nitrogens with one attached hydrogen (secondary N) is 1. The Morgan fingerprint density at radius 1 is 1.09 bits per heavy atom. The van der Waals surface area contributed by atoms with Crippen LogP contribution in [0.3, 0.4) is 0 Å². The summed E-state index contributed by atoms with van der Waals surface area (Å²) in [6, 6.07) is 20.4. The number of carbonyl (C=O) groups is 2. The highest BCUT2D eigenvalue weighted by molar-refractivity contribution is 9.10. The molecule has 0 aliphatic carbocycles. The van der Waals surface area contributed by atoms with Crippen LogP contribution in [0.4, 0.5) is 4.39 Å². The van der Waals surface area contributed by atoms with E-state index in [-0.39, 0.29) is 31.9 Å². The van der Waals surface area contributed by atoms with Crippen LogP contribution >= 0.6 is 15.9 Å². The van der Waals surface area contributed by atoms with Crippen LogP contribution in [-0.4, -0.2) is 47.2 Å². The van der Waals surface area contributed by atoms with Crippen molar-refractivity contribution in [2.75, 3.05) is 13.2 Å². The number of aliphatic imine (C=N–C) groups is 1. The van der Waals surface area contributed by atoms with Crippen molar-refractivity contribution in [2.45, 2.75) is 63.8 Å². The first-order valence-corrected chi connectivity index (χ1v) is 14.9. The number of ether oxygens (including phenoxy) is 3. The minimum Gasteiger partial charge on any atom is -0.494 e. The van der Waals surface area contributed by atoms with Crippen LogP contribution < -0.4 is 10.1 Å². The quantitative estimate of drug-likeness (QED) is 0.182. The molecule has 0 radical (unpaired) electrons. The van der Waals surface area contributed by atoms with Gasteiger partial charge in [-0.25, -0.2) is 9.38 Å². The molecule has 0 fully saturated rings. The van der Waals surface area contributed by atoms with Crippen molar-refractivity contribution in [3.63, 3.8) is 0 Å². The second-order valence-corrected chi connectivity index (χ2v) is 12.1. The van der Waals surface area contributed by atoms with Crippen molar-refractivity contribution in [3.8, 4) is 5.75 Å². The summed E-state index contributed by atoms with van der Waals surface area (Å²) in [5.74, 6) is -0.510. The lowest BCUT2D eigenvalue weighted by Gasteiger charge is -2.31. The van der Waals surface area contributed by atoms with Gasteiger partial charge in [0.15, 0.2) is 11.6 Å². The molecule has 3 aromatic carbocycles. The number of benzene rings is 3. The Hall–Kier alpha value is -3.76. The van der Waals surface area contributed by atoms with E-state index in [9.17, 15) is 14.0 Å². The highest BCUT2D eigenvalue weighted by atomic mass is 79.9. The van der Waals surface area contributed by atoms with Gasteiger partial charge in [-0.15, -0.1) is 0 Å². The van der Waals surface area contributed by atoms with Crippen molar-refractivity contribution < 1.29 is 33.3 Å². The van der Waals surface area contributed by atoms with E-state index in [0.717, 1.165) is 0 Å². The van der Waals surface area contributed by atoms with E-state index >= 15 is 0 Å². The summed E-state index contributed by atoms with van der Waals surface area (Å²) in [6.07, 6.45) is -0.484.